The van der Waals surface area contributed by atoms with Crippen molar-refractivity contribution >= 4 is 17.4 Å². The number of rotatable bonds is 3. The van der Waals surface area contributed by atoms with Gasteiger partial charge in [-0.25, -0.2) is 4.79 Å². The number of furan rings is 1. The van der Waals surface area contributed by atoms with Gasteiger partial charge in [0.05, 0.1) is 16.2 Å². The number of aryl methyl sites for hydroxylation is 1. The maximum Gasteiger partial charge on any atom is 0.320 e. The summed E-state index contributed by atoms with van der Waals surface area (Å²) in [6, 6.07) is 17.3. The summed E-state index contributed by atoms with van der Waals surface area (Å²) in [5.41, 5.74) is 4.49. The van der Waals surface area contributed by atoms with E-state index in [4.69, 9.17) is 4.42 Å². The molecule has 2 aromatic carbocycles. The summed E-state index contributed by atoms with van der Waals surface area (Å²) >= 11 is 0. The van der Waals surface area contributed by atoms with Crippen molar-refractivity contribution in [3.8, 4) is 11.3 Å². The zero-order chi connectivity index (χ0) is 20.0. The quantitative estimate of drug-likeness (QED) is 0.508. The maximum absolute atomic E-state index is 12.3. The predicted octanol–water partition coefficient (Wildman–Crippen LogP) is 4.57. The number of nitro groups is 1. The molecule has 2 N–H and O–H groups in total. The van der Waals surface area contributed by atoms with Gasteiger partial charge in [-0.15, -0.1) is 0 Å². The lowest BCUT2D eigenvalue weighted by Crippen LogP contribution is -2.44. The molecule has 7 heteroatoms. The van der Waals surface area contributed by atoms with Crippen LogP contribution in [0.1, 0.15) is 29.3 Å². The summed E-state index contributed by atoms with van der Waals surface area (Å²) in [5, 5.41) is 17.2. The molecule has 1 aromatic heterocycles. The molecule has 1 atom stereocenters. The van der Waals surface area contributed by atoms with E-state index in [9.17, 15) is 14.9 Å². The molecule has 2 aliphatic rings. The van der Waals surface area contributed by atoms with Crippen molar-refractivity contribution in [2.75, 3.05) is 0 Å². The topological polar surface area (TPSA) is 97.4 Å². The van der Waals surface area contributed by atoms with Gasteiger partial charge in [-0.3, -0.25) is 10.1 Å². The number of hydrogen-bond donors (Lipinski definition) is 2. The average molecular weight is 387 g/mol. The van der Waals surface area contributed by atoms with Gasteiger partial charge >= 0.3 is 6.03 Å². The number of amides is 2. The molecule has 5 rings (SSSR count). The van der Waals surface area contributed by atoms with E-state index in [-0.39, 0.29) is 11.7 Å². The SMILES string of the molecule is O=C1NC2=C(CCc3ccccc32)C(c2ccc(-c3ccccc3[N+](=O)[O-])o2)N1. The van der Waals surface area contributed by atoms with E-state index in [1.165, 1.54) is 11.6 Å². The fourth-order valence-electron chi connectivity index (χ4n) is 4.09. The molecule has 1 aliphatic carbocycles. The molecule has 1 unspecified atom stereocenters. The van der Waals surface area contributed by atoms with E-state index < -0.39 is 11.0 Å². The van der Waals surface area contributed by atoms with Crippen LogP contribution in [0.5, 0.6) is 0 Å². The van der Waals surface area contributed by atoms with Crippen LogP contribution >= 0.6 is 0 Å². The molecule has 7 nitrogen and oxygen atoms in total. The molecule has 2 heterocycles. The zero-order valence-corrected chi connectivity index (χ0v) is 15.3. The predicted molar refractivity (Wildman–Crippen MR) is 107 cm³/mol. The van der Waals surface area contributed by atoms with Crippen molar-refractivity contribution < 1.29 is 14.1 Å². The summed E-state index contributed by atoms with van der Waals surface area (Å²) in [7, 11) is 0. The Morgan fingerprint density at radius 3 is 2.55 bits per heavy atom. The zero-order valence-electron chi connectivity index (χ0n) is 15.3. The van der Waals surface area contributed by atoms with Crippen LogP contribution in [0.2, 0.25) is 0 Å². The molecule has 29 heavy (non-hydrogen) atoms. The van der Waals surface area contributed by atoms with E-state index in [0.717, 1.165) is 29.7 Å². The Morgan fingerprint density at radius 1 is 0.966 bits per heavy atom. The van der Waals surface area contributed by atoms with Crippen molar-refractivity contribution in [1.82, 2.24) is 10.6 Å². The highest BCUT2D eigenvalue weighted by molar-refractivity contribution is 5.91. The third-order valence-electron chi connectivity index (χ3n) is 5.41. The second-order valence-electron chi connectivity index (χ2n) is 7.07. The number of nitrogens with zero attached hydrogens (tertiary/aromatic N) is 1. The minimum absolute atomic E-state index is 0.0192. The highest BCUT2D eigenvalue weighted by Gasteiger charge is 2.34. The molecule has 0 spiro atoms. The monoisotopic (exact) mass is 387 g/mol. The Labute approximate surface area is 166 Å². The smallest absolute Gasteiger partial charge is 0.320 e. The van der Waals surface area contributed by atoms with Gasteiger partial charge in [-0.2, -0.15) is 0 Å². The lowest BCUT2D eigenvalue weighted by molar-refractivity contribution is -0.384. The third kappa shape index (κ3) is 2.87. The lowest BCUT2D eigenvalue weighted by Gasteiger charge is -2.33. The number of nitro benzene ring substituents is 1. The van der Waals surface area contributed by atoms with E-state index in [2.05, 4.69) is 16.7 Å². The Hall–Kier alpha value is -3.87. The molecule has 2 amide bonds. The first-order chi connectivity index (χ1) is 14.1. The first kappa shape index (κ1) is 17.2. The molecular weight excluding hydrogens is 370 g/mol. The molecule has 0 fully saturated rings. The number of hydrogen-bond acceptors (Lipinski definition) is 4. The largest absolute Gasteiger partial charge is 0.458 e. The average Bonchev–Trinajstić information content (AvgIpc) is 3.23. The van der Waals surface area contributed by atoms with Crippen LogP contribution in [0.4, 0.5) is 10.5 Å². The van der Waals surface area contributed by atoms with E-state index in [1.807, 2.05) is 18.2 Å². The van der Waals surface area contributed by atoms with Gasteiger partial charge in [-0.1, -0.05) is 36.4 Å². The Kier molecular flexibility index (Phi) is 3.94. The number of benzene rings is 2. The first-order valence-corrected chi connectivity index (χ1v) is 9.34. The van der Waals surface area contributed by atoms with Crippen LogP contribution in [-0.4, -0.2) is 11.0 Å². The van der Waals surface area contributed by atoms with Gasteiger partial charge in [-0.05, 0) is 42.2 Å². The molecule has 3 aromatic rings. The van der Waals surface area contributed by atoms with Crippen LogP contribution in [0.3, 0.4) is 0 Å². The third-order valence-corrected chi connectivity index (χ3v) is 5.41. The maximum atomic E-state index is 12.3. The molecule has 0 saturated carbocycles. The molecular formula is C22H17N3O4. The summed E-state index contributed by atoms with van der Waals surface area (Å²) in [6.45, 7) is 0. The first-order valence-electron chi connectivity index (χ1n) is 9.34. The van der Waals surface area contributed by atoms with Crippen LogP contribution in [0.15, 0.2) is 70.7 Å². The van der Waals surface area contributed by atoms with E-state index in [0.29, 0.717) is 17.1 Å². The van der Waals surface area contributed by atoms with Gasteiger partial charge in [0.1, 0.15) is 17.6 Å². The van der Waals surface area contributed by atoms with E-state index in [1.54, 1.807) is 30.3 Å². The van der Waals surface area contributed by atoms with Crippen molar-refractivity contribution in [2.45, 2.75) is 18.9 Å². The normalized spacial score (nSPS) is 17.8. The number of nitrogens with one attached hydrogen (secondary N) is 2. The minimum Gasteiger partial charge on any atom is -0.458 e. The van der Waals surface area contributed by atoms with Crippen LogP contribution in [-0.2, 0) is 6.42 Å². The van der Waals surface area contributed by atoms with Gasteiger partial charge in [0.2, 0.25) is 0 Å². The number of fused-ring (bicyclic) bond motifs is 2. The van der Waals surface area contributed by atoms with Crippen molar-refractivity contribution in [1.29, 1.82) is 0 Å². The van der Waals surface area contributed by atoms with Crippen LogP contribution in [0, 0.1) is 10.1 Å². The van der Waals surface area contributed by atoms with Gasteiger partial charge in [0.25, 0.3) is 5.69 Å². The van der Waals surface area contributed by atoms with Crippen molar-refractivity contribution in [2.24, 2.45) is 0 Å². The second kappa shape index (κ2) is 6.63. The molecule has 144 valence electrons. The Balaban J connectivity index is 1.57. The number of urea groups is 1. The Bertz CT molecular complexity index is 1180. The minimum atomic E-state index is -0.428. The van der Waals surface area contributed by atoms with Crippen molar-refractivity contribution in [3.63, 3.8) is 0 Å². The second-order valence-corrected chi connectivity index (χ2v) is 7.07. The van der Waals surface area contributed by atoms with Crippen LogP contribution < -0.4 is 10.6 Å². The molecule has 1 aliphatic heterocycles. The number of carbonyl (C=O) groups is 1. The highest BCUT2D eigenvalue weighted by Crippen LogP contribution is 2.40. The summed E-state index contributed by atoms with van der Waals surface area (Å²) < 4.78 is 6.00. The van der Waals surface area contributed by atoms with Gasteiger partial charge < -0.3 is 15.1 Å². The molecule has 0 radical (unpaired) electrons. The van der Waals surface area contributed by atoms with Gasteiger partial charge in [0, 0.05) is 11.6 Å². The Morgan fingerprint density at radius 2 is 1.72 bits per heavy atom. The summed E-state index contributed by atoms with van der Waals surface area (Å²) in [6.07, 6.45) is 1.66. The molecule has 0 saturated heterocycles. The van der Waals surface area contributed by atoms with Crippen molar-refractivity contribution in [3.05, 3.63) is 93.2 Å². The fraction of sp³-hybridized carbons (Fsp3) is 0.136. The number of para-hydroxylation sites is 1. The van der Waals surface area contributed by atoms with E-state index >= 15 is 0 Å². The summed E-state index contributed by atoms with van der Waals surface area (Å²) in [4.78, 5) is 23.3. The van der Waals surface area contributed by atoms with Gasteiger partial charge in [0.15, 0.2) is 0 Å². The number of carbonyl (C=O) groups excluding carboxylic acids is 1. The highest BCUT2D eigenvalue weighted by atomic mass is 16.6. The molecule has 0 bridgehead atoms. The van der Waals surface area contributed by atoms with Crippen LogP contribution in [0.25, 0.3) is 17.0 Å². The standard InChI is InChI=1S/C22H17N3O4/c26-22-23-20-14-6-2-1-5-13(14)9-10-16(20)21(24-22)19-12-11-18(29-19)15-7-3-4-8-17(15)25(27)28/h1-8,11-12,21H,9-10H2,(H2,23,24,26). The summed E-state index contributed by atoms with van der Waals surface area (Å²) in [5.74, 6) is 0.957. The lowest BCUT2D eigenvalue weighted by atomic mass is 9.84. The fourth-order valence-corrected chi connectivity index (χ4v) is 4.09.